The summed E-state index contributed by atoms with van der Waals surface area (Å²) in [5.74, 6) is 0.128. The van der Waals surface area contributed by atoms with Crippen molar-refractivity contribution < 1.29 is 4.92 Å². The molecular weight excluding hydrogens is 344 g/mol. The summed E-state index contributed by atoms with van der Waals surface area (Å²) in [4.78, 5) is 10.2. The molecule has 0 atom stereocenters. The molecule has 2 aromatic carbocycles. The van der Waals surface area contributed by atoms with Gasteiger partial charge >= 0.3 is 0 Å². The number of allylic oxidation sites excluding steroid dienone is 1. The van der Waals surface area contributed by atoms with E-state index in [1.165, 1.54) is 35.0 Å². The lowest BCUT2D eigenvalue weighted by Gasteiger charge is -2.02. The van der Waals surface area contributed by atoms with Gasteiger partial charge in [-0.3, -0.25) is 10.1 Å². The molecule has 0 aliphatic heterocycles. The van der Waals surface area contributed by atoms with E-state index >= 15 is 0 Å². The van der Waals surface area contributed by atoms with Crippen molar-refractivity contribution in [1.82, 2.24) is 9.78 Å². The van der Waals surface area contributed by atoms with Crippen LogP contribution >= 0.6 is 0 Å². The number of nitriles is 2. The summed E-state index contributed by atoms with van der Waals surface area (Å²) in [6.07, 6.45) is 1.50. The number of aromatic nitrogens is 2. The zero-order valence-electron chi connectivity index (χ0n) is 13.9. The fourth-order valence-corrected chi connectivity index (χ4v) is 2.51. The summed E-state index contributed by atoms with van der Waals surface area (Å²) in [5.41, 5.74) is 7.59. The summed E-state index contributed by atoms with van der Waals surface area (Å²) in [6, 6.07) is 18.7. The standard InChI is InChI=1S/C19H12N6O2/c20-11-14(10-13-6-8-16(9-7-13)25(26)27)18-17(12-21)19(22)24(23-18)15-4-2-1-3-5-15/h1-10H,22H2/b14-10+. The molecule has 0 bridgehead atoms. The van der Waals surface area contributed by atoms with Crippen molar-refractivity contribution in [2.45, 2.75) is 0 Å². The number of anilines is 1. The van der Waals surface area contributed by atoms with Crippen LogP contribution in [0.1, 0.15) is 16.8 Å². The lowest BCUT2D eigenvalue weighted by Crippen LogP contribution is -2.02. The second kappa shape index (κ2) is 7.21. The predicted octanol–water partition coefficient (Wildman–Crippen LogP) is 3.30. The second-order valence-electron chi connectivity index (χ2n) is 5.49. The molecule has 130 valence electrons. The van der Waals surface area contributed by atoms with Crippen molar-refractivity contribution in [3.63, 3.8) is 0 Å². The van der Waals surface area contributed by atoms with Crippen LogP contribution in [0.4, 0.5) is 11.5 Å². The molecule has 1 aromatic heterocycles. The summed E-state index contributed by atoms with van der Waals surface area (Å²) < 4.78 is 1.40. The number of non-ortho nitro benzene ring substituents is 1. The number of nitrogens with two attached hydrogens (primary N) is 1. The Hall–Kier alpha value is -4.43. The van der Waals surface area contributed by atoms with Gasteiger partial charge in [-0.25, -0.2) is 4.68 Å². The average Bonchev–Trinajstić information content (AvgIpc) is 3.03. The quantitative estimate of drug-likeness (QED) is 0.433. The summed E-state index contributed by atoms with van der Waals surface area (Å²) in [7, 11) is 0. The van der Waals surface area contributed by atoms with Crippen molar-refractivity contribution in [2.75, 3.05) is 5.73 Å². The maximum Gasteiger partial charge on any atom is 0.269 e. The van der Waals surface area contributed by atoms with Gasteiger partial charge in [0.2, 0.25) is 0 Å². The molecule has 8 heteroatoms. The van der Waals surface area contributed by atoms with E-state index in [4.69, 9.17) is 5.73 Å². The second-order valence-corrected chi connectivity index (χ2v) is 5.49. The molecule has 0 aliphatic rings. The zero-order chi connectivity index (χ0) is 19.4. The molecule has 3 rings (SSSR count). The Bertz CT molecular complexity index is 1120. The maximum atomic E-state index is 10.7. The number of nitrogen functional groups attached to an aromatic ring is 1. The highest BCUT2D eigenvalue weighted by Gasteiger charge is 2.20. The number of rotatable bonds is 4. The van der Waals surface area contributed by atoms with Crippen LogP contribution in [-0.2, 0) is 0 Å². The van der Waals surface area contributed by atoms with Crippen LogP contribution in [0.3, 0.4) is 0 Å². The van der Waals surface area contributed by atoms with Crippen molar-refractivity contribution >= 4 is 23.2 Å². The number of hydrogen-bond donors (Lipinski definition) is 1. The Morgan fingerprint density at radius 2 is 1.81 bits per heavy atom. The first-order chi connectivity index (χ1) is 13.0. The Morgan fingerprint density at radius 3 is 2.37 bits per heavy atom. The van der Waals surface area contributed by atoms with Gasteiger partial charge in [-0.2, -0.15) is 15.6 Å². The third kappa shape index (κ3) is 3.36. The first-order valence-corrected chi connectivity index (χ1v) is 7.75. The number of hydrogen-bond acceptors (Lipinski definition) is 6. The molecule has 1 heterocycles. The van der Waals surface area contributed by atoms with E-state index in [-0.39, 0.29) is 28.3 Å². The van der Waals surface area contributed by atoms with E-state index in [9.17, 15) is 20.6 Å². The minimum Gasteiger partial charge on any atom is -0.382 e. The largest absolute Gasteiger partial charge is 0.382 e. The van der Waals surface area contributed by atoms with Crippen LogP contribution in [-0.4, -0.2) is 14.7 Å². The molecule has 27 heavy (non-hydrogen) atoms. The summed E-state index contributed by atoms with van der Waals surface area (Å²) in [6.45, 7) is 0. The molecule has 0 amide bonds. The van der Waals surface area contributed by atoms with Crippen LogP contribution in [0.5, 0.6) is 0 Å². The number of benzene rings is 2. The van der Waals surface area contributed by atoms with Crippen molar-refractivity contribution in [3.8, 4) is 17.8 Å². The summed E-state index contributed by atoms with van der Waals surface area (Å²) >= 11 is 0. The topological polar surface area (TPSA) is 135 Å². The van der Waals surface area contributed by atoms with Gasteiger partial charge in [0.1, 0.15) is 29.2 Å². The van der Waals surface area contributed by atoms with Gasteiger partial charge in [0.15, 0.2) is 0 Å². The molecule has 3 aromatic rings. The number of nitro benzene ring substituents is 1. The van der Waals surface area contributed by atoms with E-state index in [1.807, 2.05) is 18.2 Å². The highest BCUT2D eigenvalue weighted by molar-refractivity contribution is 5.91. The van der Waals surface area contributed by atoms with Gasteiger partial charge in [0.25, 0.3) is 5.69 Å². The van der Waals surface area contributed by atoms with Crippen LogP contribution in [0, 0.1) is 32.8 Å². The minimum absolute atomic E-state index is 0.0547. The third-order valence-corrected chi connectivity index (χ3v) is 3.82. The van der Waals surface area contributed by atoms with E-state index in [2.05, 4.69) is 5.10 Å². The molecule has 0 unspecified atom stereocenters. The SMILES string of the molecule is N#C/C(=C\c1ccc([N+](=O)[O-])cc1)c1nn(-c2ccccc2)c(N)c1C#N. The van der Waals surface area contributed by atoms with E-state index in [0.717, 1.165) is 0 Å². The normalized spacial score (nSPS) is 10.8. The van der Waals surface area contributed by atoms with Crippen LogP contribution in [0.15, 0.2) is 54.6 Å². The van der Waals surface area contributed by atoms with Gasteiger partial charge in [0, 0.05) is 12.1 Å². The average molecular weight is 356 g/mol. The Kier molecular flexibility index (Phi) is 4.65. The molecular formula is C19H12N6O2. The number of nitrogens with zero attached hydrogens (tertiary/aromatic N) is 5. The fourth-order valence-electron chi connectivity index (χ4n) is 2.51. The molecule has 8 nitrogen and oxygen atoms in total. The summed E-state index contributed by atoms with van der Waals surface area (Å²) in [5, 5.41) is 34.1. The van der Waals surface area contributed by atoms with Gasteiger partial charge in [0.05, 0.1) is 16.2 Å². The van der Waals surface area contributed by atoms with Crippen molar-refractivity contribution in [1.29, 1.82) is 10.5 Å². The monoisotopic (exact) mass is 356 g/mol. The molecule has 0 saturated heterocycles. The highest BCUT2D eigenvalue weighted by atomic mass is 16.6. The predicted molar refractivity (Wildman–Crippen MR) is 99.3 cm³/mol. The van der Waals surface area contributed by atoms with E-state index in [0.29, 0.717) is 11.3 Å². The number of nitro groups is 1. The molecule has 2 N–H and O–H groups in total. The van der Waals surface area contributed by atoms with E-state index < -0.39 is 4.92 Å². The highest BCUT2D eigenvalue weighted by Crippen LogP contribution is 2.27. The molecule has 0 aliphatic carbocycles. The molecule has 0 spiro atoms. The van der Waals surface area contributed by atoms with Crippen molar-refractivity contribution in [2.24, 2.45) is 0 Å². The van der Waals surface area contributed by atoms with Gasteiger partial charge in [-0.15, -0.1) is 0 Å². The van der Waals surface area contributed by atoms with Gasteiger partial charge in [-0.05, 0) is 35.9 Å². The minimum atomic E-state index is -0.505. The van der Waals surface area contributed by atoms with Crippen LogP contribution in [0.25, 0.3) is 17.3 Å². The van der Waals surface area contributed by atoms with Crippen LogP contribution < -0.4 is 5.73 Å². The van der Waals surface area contributed by atoms with E-state index in [1.54, 1.807) is 24.3 Å². The molecule has 0 saturated carbocycles. The Balaban J connectivity index is 2.09. The lowest BCUT2D eigenvalue weighted by molar-refractivity contribution is -0.384. The fraction of sp³-hybridized carbons (Fsp3) is 0. The van der Waals surface area contributed by atoms with Crippen LogP contribution in [0.2, 0.25) is 0 Å². The van der Waals surface area contributed by atoms with Gasteiger partial charge < -0.3 is 5.73 Å². The zero-order valence-corrected chi connectivity index (χ0v) is 13.9. The lowest BCUT2D eigenvalue weighted by atomic mass is 10.1. The van der Waals surface area contributed by atoms with Crippen molar-refractivity contribution in [3.05, 3.63) is 81.5 Å². The number of para-hydroxylation sites is 1. The van der Waals surface area contributed by atoms with Gasteiger partial charge in [-0.1, -0.05) is 18.2 Å². The first-order valence-electron chi connectivity index (χ1n) is 7.75. The third-order valence-electron chi connectivity index (χ3n) is 3.82. The Morgan fingerprint density at radius 1 is 1.15 bits per heavy atom. The molecule has 0 radical (unpaired) electrons. The molecule has 0 fully saturated rings. The first kappa shape index (κ1) is 17.4. The Labute approximate surface area is 154 Å². The maximum absolute atomic E-state index is 10.7. The smallest absolute Gasteiger partial charge is 0.269 e.